The molecule has 12 heteroatoms. The summed E-state index contributed by atoms with van der Waals surface area (Å²) in [5.41, 5.74) is -0.367. The summed E-state index contributed by atoms with van der Waals surface area (Å²) in [4.78, 5) is 28.4. The van der Waals surface area contributed by atoms with Gasteiger partial charge in [-0.05, 0) is 26.0 Å². The van der Waals surface area contributed by atoms with E-state index in [-0.39, 0.29) is 0 Å². The minimum atomic E-state index is -4.54. The molecule has 2 amide bonds. The van der Waals surface area contributed by atoms with E-state index in [9.17, 15) is 28.5 Å². The van der Waals surface area contributed by atoms with Crippen molar-refractivity contribution in [3.05, 3.63) is 57.5 Å². The molecule has 0 bridgehead atoms. The van der Waals surface area contributed by atoms with E-state index >= 15 is 0 Å². The first-order valence-electron chi connectivity index (χ1n) is 6.73. The summed E-state index contributed by atoms with van der Waals surface area (Å²) in [5.74, 6) is 0. The molecule has 0 aliphatic carbocycles. The van der Waals surface area contributed by atoms with E-state index in [1.165, 1.54) is 25.1 Å². The summed E-state index contributed by atoms with van der Waals surface area (Å²) < 4.78 is 26.5. The number of benzene rings is 1. The predicted octanol–water partition coefficient (Wildman–Crippen LogP) is 0.645. The zero-order valence-electron chi connectivity index (χ0n) is 13.1. The fourth-order valence-corrected chi connectivity index (χ4v) is 3.01. The number of hydrogen-bond acceptors (Lipinski definition) is 7. The number of sulfonamides is 1. The molecule has 25 heavy (non-hydrogen) atoms. The minimum Gasteiger partial charge on any atom is -0.425 e. The average Bonchev–Trinajstić information content (AvgIpc) is 2.51. The van der Waals surface area contributed by atoms with E-state index in [4.69, 9.17) is 0 Å². The highest BCUT2D eigenvalue weighted by atomic mass is 32.2. The normalized spacial score (nSPS) is 12.0. The largest absolute Gasteiger partial charge is 0.425 e. The van der Waals surface area contributed by atoms with Crippen molar-refractivity contribution >= 4 is 21.7 Å². The lowest BCUT2D eigenvalue weighted by Crippen LogP contribution is -2.33. The van der Waals surface area contributed by atoms with Crippen molar-refractivity contribution in [2.24, 2.45) is 4.99 Å². The van der Waals surface area contributed by atoms with E-state index in [0.717, 1.165) is 12.1 Å². The van der Waals surface area contributed by atoms with Crippen LogP contribution in [0.25, 0.3) is 0 Å². The molecular formula is C13H13N5O6S. The fraction of sp³-hybridized carbons (Fsp3) is 0.154. The van der Waals surface area contributed by atoms with Crippen LogP contribution in [0.3, 0.4) is 0 Å². The van der Waals surface area contributed by atoms with E-state index in [2.05, 4.69) is 9.98 Å². The number of amides is 2. The van der Waals surface area contributed by atoms with Crippen molar-refractivity contribution in [1.82, 2.24) is 14.4 Å². The van der Waals surface area contributed by atoms with Crippen LogP contribution < -0.4 is 10.3 Å². The topological polar surface area (TPSA) is 157 Å². The van der Waals surface area contributed by atoms with Gasteiger partial charge in [0.25, 0.3) is 21.3 Å². The van der Waals surface area contributed by atoms with Gasteiger partial charge in [0.05, 0.1) is 10.6 Å². The van der Waals surface area contributed by atoms with Gasteiger partial charge in [-0.1, -0.05) is 12.1 Å². The SMILES string of the molecule is Cc1cc(C)n(O)c(=NC(=O)NS(=O)(=O)c2ccccc2[N+](=O)[O-])n1. The maximum atomic E-state index is 12.2. The number of carbonyl (C=O) groups excluding carboxylic acids is 1. The van der Waals surface area contributed by atoms with Gasteiger partial charge in [0.1, 0.15) is 0 Å². The molecule has 0 fully saturated rings. The van der Waals surface area contributed by atoms with Crippen molar-refractivity contribution in [2.75, 3.05) is 0 Å². The van der Waals surface area contributed by atoms with Crippen LogP contribution in [0.5, 0.6) is 0 Å². The molecule has 0 aliphatic rings. The molecule has 1 aromatic heterocycles. The Morgan fingerprint density at radius 3 is 2.64 bits per heavy atom. The fourth-order valence-electron chi connectivity index (χ4n) is 1.95. The van der Waals surface area contributed by atoms with Crippen molar-refractivity contribution in [3.8, 4) is 0 Å². The van der Waals surface area contributed by atoms with Gasteiger partial charge in [-0.2, -0.15) is 9.72 Å². The standard InChI is InChI=1S/C13H13N5O6S/c1-8-7-9(2)17(20)12(14-8)15-13(19)16-25(23,24)11-6-4-3-5-10(11)18(21)22/h3-7,20H,1-2H3,(H,16,19). The van der Waals surface area contributed by atoms with Gasteiger partial charge in [-0.15, -0.1) is 0 Å². The second-order valence-corrected chi connectivity index (χ2v) is 6.55. The average molecular weight is 367 g/mol. The van der Waals surface area contributed by atoms with Crippen LogP contribution in [0, 0.1) is 24.0 Å². The highest BCUT2D eigenvalue weighted by molar-refractivity contribution is 7.90. The number of aryl methyl sites for hydroxylation is 2. The zero-order valence-corrected chi connectivity index (χ0v) is 13.9. The Hall–Kier alpha value is -3.28. The molecule has 0 saturated carbocycles. The Kier molecular flexibility index (Phi) is 4.83. The number of para-hydroxylation sites is 1. The monoisotopic (exact) mass is 367 g/mol. The molecule has 0 radical (unpaired) electrons. The van der Waals surface area contributed by atoms with Gasteiger partial charge in [-0.3, -0.25) is 10.1 Å². The first-order chi connectivity index (χ1) is 11.6. The summed E-state index contributed by atoms with van der Waals surface area (Å²) in [6, 6.07) is 4.69. The molecule has 0 aliphatic heterocycles. The molecule has 2 aromatic rings. The van der Waals surface area contributed by atoms with Crippen molar-refractivity contribution in [2.45, 2.75) is 18.7 Å². The number of hydrogen-bond donors (Lipinski definition) is 2. The van der Waals surface area contributed by atoms with E-state index < -0.39 is 37.2 Å². The highest BCUT2D eigenvalue weighted by Crippen LogP contribution is 2.22. The second-order valence-electron chi connectivity index (χ2n) is 4.90. The van der Waals surface area contributed by atoms with Crippen LogP contribution in [-0.4, -0.2) is 34.3 Å². The lowest BCUT2D eigenvalue weighted by molar-refractivity contribution is -0.387. The van der Waals surface area contributed by atoms with Crippen LogP contribution in [-0.2, 0) is 10.0 Å². The zero-order chi connectivity index (χ0) is 18.8. The Balaban J connectivity index is 2.42. The van der Waals surface area contributed by atoms with Gasteiger partial charge in [0.2, 0.25) is 0 Å². The van der Waals surface area contributed by atoms with E-state index in [1.807, 2.05) is 0 Å². The summed E-state index contributed by atoms with van der Waals surface area (Å²) >= 11 is 0. The number of aromatic nitrogens is 2. The van der Waals surface area contributed by atoms with Crippen molar-refractivity contribution < 1.29 is 23.3 Å². The number of rotatable bonds is 3. The van der Waals surface area contributed by atoms with Gasteiger partial charge >= 0.3 is 6.03 Å². The first-order valence-corrected chi connectivity index (χ1v) is 8.21. The van der Waals surface area contributed by atoms with Crippen LogP contribution in [0.15, 0.2) is 40.2 Å². The molecule has 132 valence electrons. The number of urea groups is 1. The molecular weight excluding hydrogens is 354 g/mol. The number of nitro benzene ring substituents is 1. The summed E-state index contributed by atoms with van der Waals surface area (Å²) in [6.07, 6.45) is 0. The summed E-state index contributed by atoms with van der Waals surface area (Å²) in [6.45, 7) is 3.11. The smallest absolute Gasteiger partial charge is 0.358 e. The van der Waals surface area contributed by atoms with Crippen LogP contribution in [0.2, 0.25) is 0 Å². The number of nitrogens with one attached hydrogen (secondary N) is 1. The Labute approximate surface area is 141 Å². The maximum absolute atomic E-state index is 12.2. The van der Waals surface area contributed by atoms with Crippen LogP contribution in [0.1, 0.15) is 11.4 Å². The minimum absolute atomic E-state index is 0.320. The van der Waals surface area contributed by atoms with Gasteiger partial charge in [0.15, 0.2) is 4.90 Å². The highest BCUT2D eigenvalue weighted by Gasteiger charge is 2.26. The number of carbonyl (C=O) groups is 1. The third-order valence-electron chi connectivity index (χ3n) is 2.99. The van der Waals surface area contributed by atoms with Gasteiger partial charge in [0, 0.05) is 11.8 Å². The first kappa shape index (κ1) is 18.1. The predicted molar refractivity (Wildman–Crippen MR) is 83.3 cm³/mol. The number of nitro groups is 1. The maximum Gasteiger partial charge on any atom is 0.358 e. The van der Waals surface area contributed by atoms with E-state index in [1.54, 1.807) is 11.6 Å². The molecule has 1 heterocycles. The number of nitrogens with zero attached hydrogens (tertiary/aromatic N) is 4. The Morgan fingerprint density at radius 2 is 2.00 bits per heavy atom. The molecule has 0 atom stereocenters. The lowest BCUT2D eigenvalue weighted by Gasteiger charge is -2.06. The van der Waals surface area contributed by atoms with Crippen LogP contribution in [0.4, 0.5) is 10.5 Å². The Morgan fingerprint density at radius 1 is 1.36 bits per heavy atom. The third-order valence-corrected chi connectivity index (χ3v) is 4.36. The third kappa shape index (κ3) is 3.98. The van der Waals surface area contributed by atoms with Crippen molar-refractivity contribution in [1.29, 1.82) is 0 Å². The second kappa shape index (κ2) is 6.68. The summed E-state index contributed by atoms with van der Waals surface area (Å²) in [7, 11) is -4.54. The molecule has 2 rings (SSSR count). The molecule has 11 nitrogen and oxygen atoms in total. The van der Waals surface area contributed by atoms with Crippen LogP contribution >= 0.6 is 0 Å². The van der Waals surface area contributed by atoms with E-state index in [0.29, 0.717) is 16.1 Å². The summed E-state index contributed by atoms with van der Waals surface area (Å²) in [5, 5.41) is 20.7. The van der Waals surface area contributed by atoms with Gasteiger partial charge in [-0.25, -0.2) is 22.9 Å². The van der Waals surface area contributed by atoms with Crippen molar-refractivity contribution in [3.63, 3.8) is 0 Å². The quantitative estimate of drug-likeness (QED) is 0.458. The Bertz CT molecular complexity index is 1030. The molecule has 0 unspecified atom stereocenters. The molecule has 0 spiro atoms. The molecule has 1 aromatic carbocycles. The molecule has 2 N–H and O–H groups in total. The van der Waals surface area contributed by atoms with Gasteiger partial charge < -0.3 is 5.21 Å². The molecule has 0 saturated heterocycles. The lowest BCUT2D eigenvalue weighted by atomic mass is 10.3.